The average Bonchev–Trinajstić information content (AvgIpc) is 2.26. The lowest BCUT2D eigenvalue weighted by molar-refractivity contribution is -0.120. The molecule has 0 aliphatic heterocycles. The fourth-order valence-corrected chi connectivity index (χ4v) is 1.39. The number of carbonyl (C=O) groups excluding carboxylic acids is 3. The molecule has 1 aromatic carbocycles. The van der Waals surface area contributed by atoms with Crippen LogP contribution in [0.5, 0.6) is 0 Å². The van der Waals surface area contributed by atoms with Crippen molar-refractivity contribution in [2.45, 2.75) is 0 Å². The van der Waals surface area contributed by atoms with Crippen molar-refractivity contribution >= 4 is 29.2 Å². The SMILES string of the molecule is NC(=O)CN(CC(N)=O)C(=O)Nc1cccc(N)c1. The molecule has 0 bridgehead atoms. The Morgan fingerprint density at radius 2 is 1.68 bits per heavy atom. The molecule has 0 aromatic heterocycles. The maximum Gasteiger partial charge on any atom is 0.322 e. The van der Waals surface area contributed by atoms with E-state index in [0.29, 0.717) is 11.4 Å². The van der Waals surface area contributed by atoms with Gasteiger partial charge in [0.2, 0.25) is 11.8 Å². The predicted octanol–water partition coefficient (Wildman–Crippen LogP) is -0.927. The summed E-state index contributed by atoms with van der Waals surface area (Å²) in [4.78, 5) is 34.4. The van der Waals surface area contributed by atoms with Gasteiger partial charge in [-0.05, 0) is 18.2 Å². The summed E-state index contributed by atoms with van der Waals surface area (Å²) in [7, 11) is 0. The molecule has 0 fully saturated rings. The van der Waals surface area contributed by atoms with Crippen molar-refractivity contribution in [2.24, 2.45) is 11.5 Å². The van der Waals surface area contributed by atoms with E-state index in [1.807, 2.05) is 0 Å². The normalized spacial score (nSPS) is 9.68. The maximum atomic E-state index is 11.9. The van der Waals surface area contributed by atoms with Crippen molar-refractivity contribution in [2.75, 3.05) is 24.1 Å². The van der Waals surface area contributed by atoms with Crippen LogP contribution in [0.3, 0.4) is 0 Å². The Hall–Kier alpha value is -2.77. The second-order valence-corrected chi connectivity index (χ2v) is 3.84. The highest BCUT2D eigenvalue weighted by Gasteiger charge is 2.17. The fraction of sp³-hybridized carbons (Fsp3) is 0.182. The van der Waals surface area contributed by atoms with Crippen molar-refractivity contribution in [1.82, 2.24) is 4.90 Å². The third-order valence-electron chi connectivity index (χ3n) is 2.12. The van der Waals surface area contributed by atoms with Crippen LogP contribution in [0.25, 0.3) is 0 Å². The second kappa shape index (κ2) is 6.24. The third kappa shape index (κ3) is 4.94. The summed E-state index contributed by atoms with van der Waals surface area (Å²) in [6, 6.07) is 5.78. The van der Waals surface area contributed by atoms with E-state index in [1.54, 1.807) is 18.2 Å². The van der Waals surface area contributed by atoms with Crippen LogP contribution in [-0.2, 0) is 9.59 Å². The van der Waals surface area contributed by atoms with Crippen LogP contribution in [0.15, 0.2) is 24.3 Å². The minimum atomic E-state index is -0.746. The molecule has 0 aliphatic rings. The Labute approximate surface area is 109 Å². The first-order valence-electron chi connectivity index (χ1n) is 5.36. The molecule has 0 unspecified atom stereocenters. The minimum Gasteiger partial charge on any atom is -0.399 e. The summed E-state index contributed by atoms with van der Waals surface area (Å²) in [5, 5.41) is 2.48. The number of primary amides is 2. The molecule has 0 heterocycles. The molecule has 0 radical (unpaired) electrons. The molecule has 1 rings (SSSR count). The largest absolute Gasteiger partial charge is 0.399 e. The van der Waals surface area contributed by atoms with Crippen LogP contribution < -0.4 is 22.5 Å². The number of amides is 4. The van der Waals surface area contributed by atoms with Crippen molar-refractivity contribution in [3.63, 3.8) is 0 Å². The molecule has 0 aliphatic carbocycles. The number of carbonyl (C=O) groups is 3. The molecule has 7 N–H and O–H groups in total. The van der Waals surface area contributed by atoms with E-state index in [9.17, 15) is 14.4 Å². The van der Waals surface area contributed by atoms with Gasteiger partial charge in [-0.15, -0.1) is 0 Å². The Morgan fingerprint density at radius 1 is 1.11 bits per heavy atom. The first-order chi connectivity index (χ1) is 8.88. The van der Waals surface area contributed by atoms with Gasteiger partial charge in [0, 0.05) is 11.4 Å². The number of rotatable bonds is 5. The number of benzene rings is 1. The quantitative estimate of drug-likeness (QED) is 0.510. The standard InChI is InChI=1S/C11H15N5O3/c12-7-2-1-3-8(4-7)15-11(19)16(5-9(13)17)6-10(14)18/h1-4H,5-6,12H2,(H2,13,17)(H2,14,18)(H,15,19). The molecule has 8 nitrogen and oxygen atoms in total. The highest BCUT2D eigenvalue weighted by Crippen LogP contribution is 2.12. The van der Waals surface area contributed by atoms with E-state index < -0.39 is 30.9 Å². The van der Waals surface area contributed by atoms with Gasteiger partial charge in [0.05, 0.1) is 0 Å². The number of nitrogens with two attached hydrogens (primary N) is 3. The second-order valence-electron chi connectivity index (χ2n) is 3.84. The van der Waals surface area contributed by atoms with Gasteiger partial charge in [-0.3, -0.25) is 9.59 Å². The lowest BCUT2D eigenvalue weighted by atomic mass is 10.3. The lowest BCUT2D eigenvalue weighted by Crippen LogP contribution is -2.45. The highest BCUT2D eigenvalue weighted by atomic mass is 16.2. The van der Waals surface area contributed by atoms with Gasteiger partial charge < -0.3 is 27.4 Å². The van der Waals surface area contributed by atoms with Gasteiger partial charge >= 0.3 is 6.03 Å². The predicted molar refractivity (Wildman–Crippen MR) is 69.8 cm³/mol. The Bertz CT molecular complexity index is 487. The number of hydrogen-bond donors (Lipinski definition) is 4. The van der Waals surface area contributed by atoms with E-state index in [0.717, 1.165) is 4.90 Å². The molecule has 8 heteroatoms. The molecular formula is C11H15N5O3. The Morgan fingerprint density at radius 3 is 2.16 bits per heavy atom. The van der Waals surface area contributed by atoms with Crippen molar-refractivity contribution in [3.8, 4) is 0 Å². The number of nitrogens with one attached hydrogen (secondary N) is 1. The first-order valence-corrected chi connectivity index (χ1v) is 5.36. The van der Waals surface area contributed by atoms with Crippen LogP contribution in [-0.4, -0.2) is 35.8 Å². The van der Waals surface area contributed by atoms with Gasteiger partial charge in [-0.2, -0.15) is 0 Å². The summed E-state index contributed by atoms with van der Waals surface area (Å²) in [6.45, 7) is -0.811. The number of anilines is 2. The van der Waals surface area contributed by atoms with Crippen LogP contribution >= 0.6 is 0 Å². The number of hydrogen-bond acceptors (Lipinski definition) is 4. The zero-order valence-corrected chi connectivity index (χ0v) is 10.1. The average molecular weight is 265 g/mol. The smallest absolute Gasteiger partial charge is 0.322 e. The van der Waals surface area contributed by atoms with E-state index in [2.05, 4.69) is 5.32 Å². The van der Waals surface area contributed by atoms with Crippen LogP contribution in [0.1, 0.15) is 0 Å². The molecule has 0 spiro atoms. The van der Waals surface area contributed by atoms with Gasteiger partial charge in [0.15, 0.2) is 0 Å². The van der Waals surface area contributed by atoms with Gasteiger partial charge in [0.25, 0.3) is 0 Å². The molecule has 4 amide bonds. The molecule has 0 saturated carbocycles. The number of urea groups is 1. The summed E-state index contributed by atoms with van der Waals surface area (Å²) in [6.07, 6.45) is 0. The monoisotopic (exact) mass is 265 g/mol. The zero-order chi connectivity index (χ0) is 14.4. The summed E-state index contributed by atoms with van der Waals surface area (Å²) >= 11 is 0. The molecule has 19 heavy (non-hydrogen) atoms. The summed E-state index contributed by atoms with van der Waals surface area (Å²) in [5.41, 5.74) is 16.4. The van der Waals surface area contributed by atoms with Gasteiger partial charge in [0.1, 0.15) is 13.1 Å². The van der Waals surface area contributed by atoms with E-state index in [1.165, 1.54) is 6.07 Å². The molecule has 0 saturated heterocycles. The van der Waals surface area contributed by atoms with Crippen LogP contribution in [0, 0.1) is 0 Å². The topological polar surface area (TPSA) is 145 Å². The van der Waals surface area contributed by atoms with Crippen LogP contribution in [0.2, 0.25) is 0 Å². The molecule has 1 aromatic rings. The third-order valence-corrected chi connectivity index (χ3v) is 2.12. The fourth-order valence-electron chi connectivity index (χ4n) is 1.39. The minimum absolute atomic E-state index is 0.406. The zero-order valence-electron chi connectivity index (χ0n) is 10.1. The highest BCUT2D eigenvalue weighted by molar-refractivity contribution is 5.94. The van der Waals surface area contributed by atoms with Crippen molar-refractivity contribution in [3.05, 3.63) is 24.3 Å². The van der Waals surface area contributed by atoms with Crippen molar-refractivity contribution < 1.29 is 14.4 Å². The number of nitrogens with zero attached hydrogens (tertiary/aromatic N) is 1. The van der Waals surface area contributed by atoms with Crippen LogP contribution in [0.4, 0.5) is 16.2 Å². The summed E-state index contributed by atoms with van der Waals surface area (Å²) in [5.74, 6) is -1.49. The number of nitrogen functional groups attached to an aromatic ring is 1. The van der Waals surface area contributed by atoms with E-state index in [4.69, 9.17) is 17.2 Å². The van der Waals surface area contributed by atoms with Crippen molar-refractivity contribution in [1.29, 1.82) is 0 Å². The Balaban J connectivity index is 2.76. The molecule has 0 atom stereocenters. The van der Waals surface area contributed by atoms with Gasteiger partial charge in [-0.25, -0.2) is 4.79 Å². The van der Waals surface area contributed by atoms with E-state index in [-0.39, 0.29) is 0 Å². The Kier molecular flexibility index (Phi) is 4.69. The van der Waals surface area contributed by atoms with E-state index >= 15 is 0 Å². The molecular weight excluding hydrogens is 250 g/mol. The maximum absolute atomic E-state index is 11.9. The molecule has 102 valence electrons. The van der Waals surface area contributed by atoms with Gasteiger partial charge in [-0.1, -0.05) is 6.07 Å². The lowest BCUT2D eigenvalue weighted by Gasteiger charge is -2.20. The first kappa shape index (κ1) is 14.3. The summed E-state index contributed by atoms with van der Waals surface area (Å²) < 4.78 is 0.